The van der Waals surface area contributed by atoms with Crippen LogP contribution in [0, 0.1) is 13.8 Å². The molecule has 0 spiro atoms. The van der Waals surface area contributed by atoms with Crippen LogP contribution in [0.1, 0.15) is 23.2 Å². The number of benzene rings is 2. The van der Waals surface area contributed by atoms with Gasteiger partial charge in [-0.05, 0) is 86.8 Å². The van der Waals surface area contributed by atoms with Crippen molar-refractivity contribution in [1.29, 1.82) is 0 Å². The maximum atomic E-state index is 5.97. The van der Waals surface area contributed by atoms with E-state index in [1.165, 1.54) is 5.56 Å². The first kappa shape index (κ1) is 19.8. The van der Waals surface area contributed by atoms with Gasteiger partial charge in [0.25, 0.3) is 0 Å². The lowest BCUT2D eigenvalue weighted by atomic mass is 10.1. The molecule has 6 heteroatoms. The molecule has 0 aliphatic rings. The molecule has 0 saturated carbocycles. The first-order chi connectivity index (χ1) is 14.6. The monoisotopic (exact) mass is 399 g/mol. The van der Waals surface area contributed by atoms with Gasteiger partial charge in [-0.3, -0.25) is 4.98 Å². The minimum absolute atomic E-state index is 0.681. The Labute approximate surface area is 176 Å². The minimum Gasteiger partial charge on any atom is -0.455 e. The summed E-state index contributed by atoms with van der Waals surface area (Å²) in [5.41, 5.74) is 10.7. The third kappa shape index (κ3) is 4.55. The number of pyridine rings is 1. The van der Waals surface area contributed by atoms with Crippen molar-refractivity contribution >= 4 is 22.4 Å². The zero-order valence-corrected chi connectivity index (χ0v) is 17.2. The highest BCUT2D eigenvalue weighted by Crippen LogP contribution is 2.30. The van der Waals surface area contributed by atoms with Crippen molar-refractivity contribution in [3.63, 3.8) is 0 Å². The molecule has 0 aliphatic heterocycles. The molecule has 152 valence electrons. The number of nitrogens with zero attached hydrogens (tertiary/aromatic N) is 3. The number of aryl methyl sites for hydroxylation is 3. The van der Waals surface area contributed by atoms with Crippen LogP contribution in [0.4, 0.5) is 11.5 Å². The molecular weight excluding hydrogens is 374 g/mol. The highest BCUT2D eigenvalue weighted by Gasteiger charge is 2.08. The van der Waals surface area contributed by atoms with E-state index in [4.69, 9.17) is 10.5 Å². The van der Waals surface area contributed by atoms with E-state index in [1.54, 1.807) is 12.5 Å². The van der Waals surface area contributed by atoms with Gasteiger partial charge in [0.15, 0.2) is 0 Å². The fourth-order valence-electron chi connectivity index (χ4n) is 3.29. The Bertz CT molecular complexity index is 1160. The molecule has 2 aromatic carbocycles. The second kappa shape index (κ2) is 8.88. The molecule has 4 rings (SSSR count). The van der Waals surface area contributed by atoms with Gasteiger partial charge in [0.2, 0.25) is 0 Å². The van der Waals surface area contributed by atoms with E-state index in [9.17, 15) is 0 Å². The zero-order chi connectivity index (χ0) is 20.9. The van der Waals surface area contributed by atoms with Gasteiger partial charge < -0.3 is 15.8 Å². The molecule has 2 heterocycles. The number of hydrogen-bond donors (Lipinski definition) is 2. The number of hydrogen-bond acceptors (Lipinski definition) is 6. The Morgan fingerprint density at radius 1 is 0.967 bits per heavy atom. The fraction of sp³-hybridized carbons (Fsp3) is 0.208. The molecule has 0 amide bonds. The van der Waals surface area contributed by atoms with Crippen LogP contribution in [0.25, 0.3) is 10.9 Å². The Hall–Kier alpha value is -3.51. The van der Waals surface area contributed by atoms with Gasteiger partial charge in [0.05, 0.1) is 11.7 Å². The fourth-order valence-corrected chi connectivity index (χ4v) is 3.29. The number of ether oxygens (including phenoxy) is 1. The average Bonchev–Trinajstić information content (AvgIpc) is 2.76. The summed E-state index contributed by atoms with van der Waals surface area (Å²) in [6, 6.07) is 16.1. The number of rotatable bonds is 7. The molecule has 0 unspecified atom stereocenters. The lowest BCUT2D eigenvalue weighted by Gasteiger charge is -2.13. The molecule has 0 saturated heterocycles. The van der Waals surface area contributed by atoms with E-state index in [-0.39, 0.29) is 0 Å². The largest absolute Gasteiger partial charge is 0.455 e. The molecular formula is C24H25N5O. The van der Waals surface area contributed by atoms with Gasteiger partial charge in [-0.2, -0.15) is 0 Å². The lowest BCUT2D eigenvalue weighted by molar-refractivity contribution is 0.476. The smallest absolute Gasteiger partial charge is 0.145 e. The maximum absolute atomic E-state index is 5.97. The van der Waals surface area contributed by atoms with Crippen LogP contribution < -0.4 is 15.8 Å². The molecule has 0 atom stereocenters. The SMILES string of the molecule is Cc1ccc(Oc2ccc(Nc3ncnc4ccc(CCCN)cc34)cc2C)cn1. The summed E-state index contributed by atoms with van der Waals surface area (Å²) in [7, 11) is 0. The van der Waals surface area contributed by atoms with Crippen molar-refractivity contribution in [2.24, 2.45) is 5.73 Å². The highest BCUT2D eigenvalue weighted by molar-refractivity contribution is 5.91. The molecule has 6 nitrogen and oxygen atoms in total. The van der Waals surface area contributed by atoms with Crippen LogP contribution in [0.3, 0.4) is 0 Å². The van der Waals surface area contributed by atoms with Gasteiger partial charge in [0.1, 0.15) is 23.6 Å². The first-order valence-electron chi connectivity index (χ1n) is 10.0. The Kier molecular flexibility index (Phi) is 5.86. The molecule has 0 fully saturated rings. The van der Waals surface area contributed by atoms with Crippen molar-refractivity contribution in [3.05, 3.63) is 77.9 Å². The molecule has 30 heavy (non-hydrogen) atoms. The number of nitrogens with two attached hydrogens (primary N) is 1. The predicted molar refractivity (Wildman–Crippen MR) is 120 cm³/mol. The number of fused-ring (bicyclic) bond motifs is 1. The summed E-state index contributed by atoms with van der Waals surface area (Å²) in [6.07, 6.45) is 5.22. The summed E-state index contributed by atoms with van der Waals surface area (Å²) in [6.45, 7) is 4.65. The molecule has 2 aromatic heterocycles. The molecule has 0 radical (unpaired) electrons. The number of nitrogens with one attached hydrogen (secondary N) is 1. The van der Waals surface area contributed by atoms with Gasteiger partial charge in [-0.15, -0.1) is 0 Å². The van der Waals surface area contributed by atoms with Crippen molar-refractivity contribution in [3.8, 4) is 11.5 Å². The van der Waals surface area contributed by atoms with Crippen LogP contribution in [-0.2, 0) is 6.42 Å². The second-order valence-corrected chi connectivity index (χ2v) is 7.31. The highest BCUT2D eigenvalue weighted by atomic mass is 16.5. The zero-order valence-electron chi connectivity index (χ0n) is 17.2. The lowest BCUT2D eigenvalue weighted by Crippen LogP contribution is -2.01. The van der Waals surface area contributed by atoms with Crippen molar-refractivity contribution in [2.75, 3.05) is 11.9 Å². The standard InChI is InChI=1S/C24H25N5O/c1-16-12-19(7-10-23(16)30-20-8-5-17(2)26-14-20)29-24-21-13-18(4-3-11-25)6-9-22(21)27-15-28-24/h5-10,12-15H,3-4,11,25H2,1-2H3,(H,27,28,29). The van der Waals surface area contributed by atoms with Crippen LogP contribution in [0.15, 0.2) is 61.1 Å². The quantitative estimate of drug-likeness (QED) is 0.451. The van der Waals surface area contributed by atoms with E-state index in [0.29, 0.717) is 6.54 Å². The predicted octanol–water partition coefficient (Wildman–Crippen LogP) is 5.07. The average molecular weight is 399 g/mol. The van der Waals surface area contributed by atoms with E-state index in [2.05, 4.69) is 32.4 Å². The summed E-state index contributed by atoms with van der Waals surface area (Å²) < 4.78 is 5.97. The summed E-state index contributed by atoms with van der Waals surface area (Å²) in [5, 5.41) is 4.42. The number of anilines is 2. The summed E-state index contributed by atoms with van der Waals surface area (Å²) in [4.78, 5) is 13.1. The van der Waals surface area contributed by atoms with E-state index >= 15 is 0 Å². The summed E-state index contributed by atoms with van der Waals surface area (Å²) >= 11 is 0. The van der Waals surface area contributed by atoms with Crippen LogP contribution in [0.2, 0.25) is 0 Å². The minimum atomic E-state index is 0.681. The van der Waals surface area contributed by atoms with Crippen LogP contribution >= 0.6 is 0 Å². The van der Waals surface area contributed by atoms with Gasteiger partial charge in [-0.25, -0.2) is 9.97 Å². The first-order valence-corrected chi connectivity index (χ1v) is 10.0. The Morgan fingerprint density at radius 3 is 2.63 bits per heavy atom. The van der Waals surface area contributed by atoms with Crippen molar-refractivity contribution in [1.82, 2.24) is 15.0 Å². The molecule has 0 bridgehead atoms. The Balaban J connectivity index is 1.57. The van der Waals surface area contributed by atoms with Crippen molar-refractivity contribution in [2.45, 2.75) is 26.7 Å². The van der Waals surface area contributed by atoms with E-state index in [0.717, 1.165) is 58.0 Å². The van der Waals surface area contributed by atoms with Crippen LogP contribution in [-0.4, -0.2) is 21.5 Å². The summed E-state index contributed by atoms with van der Waals surface area (Å²) in [5.74, 6) is 2.30. The van der Waals surface area contributed by atoms with Crippen LogP contribution in [0.5, 0.6) is 11.5 Å². The second-order valence-electron chi connectivity index (χ2n) is 7.31. The third-order valence-corrected chi connectivity index (χ3v) is 4.92. The Morgan fingerprint density at radius 2 is 1.87 bits per heavy atom. The van der Waals surface area contributed by atoms with Gasteiger partial charge in [-0.1, -0.05) is 6.07 Å². The van der Waals surface area contributed by atoms with Gasteiger partial charge >= 0.3 is 0 Å². The molecule has 0 aliphatic carbocycles. The molecule has 4 aromatic rings. The normalized spacial score (nSPS) is 10.9. The van der Waals surface area contributed by atoms with E-state index < -0.39 is 0 Å². The maximum Gasteiger partial charge on any atom is 0.145 e. The van der Waals surface area contributed by atoms with E-state index in [1.807, 2.05) is 50.2 Å². The molecule has 3 N–H and O–H groups in total. The van der Waals surface area contributed by atoms with Gasteiger partial charge in [0, 0.05) is 16.8 Å². The third-order valence-electron chi connectivity index (χ3n) is 4.92. The number of aromatic nitrogens is 3. The van der Waals surface area contributed by atoms with Crippen molar-refractivity contribution < 1.29 is 4.74 Å². The topological polar surface area (TPSA) is 86.0 Å².